The van der Waals surface area contributed by atoms with Gasteiger partial charge in [-0.2, -0.15) is 31.4 Å². The molecule has 39 heavy (non-hydrogen) atoms. The number of sulfone groups is 1. The van der Waals surface area contributed by atoms with Crippen LogP contribution in [0.5, 0.6) is 0 Å². The summed E-state index contributed by atoms with van der Waals surface area (Å²) < 4.78 is 108. The number of alkyl halides is 6. The van der Waals surface area contributed by atoms with E-state index in [9.17, 15) is 44.3 Å². The van der Waals surface area contributed by atoms with E-state index in [1.807, 2.05) is 0 Å². The molecule has 1 aliphatic heterocycles. The first-order chi connectivity index (χ1) is 17.8. The van der Waals surface area contributed by atoms with Gasteiger partial charge in [0.15, 0.2) is 9.84 Å². The zero-order valence-electron chi connectivity index (χ0n) is 20.4. The Morgan fingerprint density at radius 2 is 1.67 bits per heavy atom. The summed E-state index contributed by atoms with van der Waals surface area (Å²) in [6, 6.07) is 3.49. The van der Waals surface area contributed by atoms with Gasteiger partial charge in [-0.15, -0.1) is 0 Å². The molecule has 2 amide bonds. The minimum Gasteiger partial charge on any atom is -0.465 e. The monoisotopic (exact) mass is 599 g/mol. The number of nitrogens with one attached hydrogen (secondary N) is 1. The standard InChI is InChI=1S/C23H20ClF6N3O5S/c1-4-38-19(34)21(2)11-33(32-18(21)12-5-7-14(16(24)9-12)22(25,26)27)20(35)31-13-6-8-15(23(28,29)30)17(10-13)39(3,36)37/h5-10H,4,11H2,1-3H3,(H,31,35). The Bertz CT molecular complexity index is 1460. The van der Waals surface area contributed by atoms with Crippen LogP contribution in [-0.2, 0) is 31.7 Å². The number of carbonyl (C=O) groups is 2. The zero-order chi connectivity index (χ0) is 29.6. The molecule has 0 fully saturated rings. The first-order valence-corrected chi connectivity index (χ1v) is 13.2. The summed E-state index contributed by atoms with van der Waals surface area (Å²) in [5.41, 5.74) is -4.74. The number of hydrogen-bond donors (Lipinski definition) is 1. The van der Waals surface area contributed by atoms with E-state index < -0.39 is 67.2 Å². The van der Waals surface area contributed by atoms with Crippen LogP contribution in [0, 0.1) is 5.41 Å². The van der Waals surface area contributed by atoms with E-state index in [2.05, 4.69) is 10.4 Å². The molecule has 1 atom stereocenters. The normalized spacial score (nSPS) is 18.1. The van der Waals surface area contributed by atoms with Crippen LogP contribution >= 0.6 is 11.6 Å². The highest BCUT2D eigenvalue weighted by atomic mass is 35.5. The summed E-state index contributed by atoms with van der Waals surface area (Å²) in [5.74, 6) is -0.857. The van der Waals surface area contributed by atoms with E-state index >= 15 is 0 Å². The summed E-state index contributed by atoms with van der Waals surface area (Å²) in [6.45, 7) is 2.31. The highest BCUT2D eigenvalue weighted by Gasteiger charge is 2.49. The summed E-state index contributed by atoms with van der Waals surface area (Å²) in [4.78, 5) is 24.7. The lowest BCUT2D eigenvalue weighted by atomic mass is 9.82. The predicted octanol–water partition coefficient (Wildman–Crippen LogP) is 5.60. The number of amides is 2. The Hall–Kier alpha value is -3.33. The van der Waals surface area contributed by atoms with Gasteiger partial charge in [0.25, 0.3) is 0 Å². The number of nitrogens with zero attached hydrogens (tertiary/aromatic N) is 2. The fourth-order valence-electron chi connectivity index (χ4n) is 3.81. The summed E-state index contributed by atoms with van der Waals surface area (Å²) in [5, 5.41) is 6.32. The topological polar surface area (TPSA) is 105 Å². The van der Waals surface area contributed by atoms with Crippen molar-refractivity contribution in [1.29, 1.82) is 0 Å². The molecule has 0 aromatic heterocycles. The smallest absolute Gasteiger partial charge is 0.417 e. The fraction of sp³-hybridized carbons (Fsp3) is 0.348. The Morgan fingerprint density at radius 1 is 1.08 bits per heavy atom. The van der Waals surface area contributed by atoms with E-state index in [1.54, 1.807) is 0 Å². The second kappa shape index (κ2) is 10.3. The Morgan fingerprint density at radius 3 is 2.18 bits per heavy atom. The Kier molecular flexibility index (Phi) is 8.01. The quantitative estimate of drug-likeness (QED) is 0.356. The molecule has 3 rings (SSSR count). The molecule has 212 valence electrons. The van der Waals surface area contributed by atoms with Crippen LogP contribution in [0.3, 0.4) is 0 Å². The van der Waals surface area contributed by atoms with Crippen molar-refractivity contribution in [2.45, 2.75) is 31.1 Å². The first-order valence-electron chi connectivity index (χ1n) is 10.9. The molecule has 1 N–H and O–H groups in total. The van der Waals surface area contributed by atoms with Gasteiger partial charge in [0.2, 0.25) is 0 Å². The maximum Gasteiger partial charge on any atom is 0.417 e. The lowest BCUT2D eigenvalue weighted by molar-refractivity contribution is -0.150. The van der Waals surface area contributed by atoms with Crippen molar-refractivity contribution in [2.24, 2.45) is 10.5 Å². The third-order valence-electron chi connectivity index (χ3n) is 5.66. The minimum atomic E-state index is -4.99. The number of anilines is 1. The van der Waals surface area contributed by atoms with Crippen LogP contribution in [0.15, 0.2) is 46.4 Å². The van der Waals surface area contributed by atoms with E-state index in [4.69, 9.17) is 16.3 Å². The molecule has 0 saturated carbocycles. The van der Waals surface area contributed by atoms with E-state index in [0.717, 1.165) is 23.2 Å². The van der Waals surface area contributed by atoms with Crippen LogP contribution in [0.4, 0.5) is 36.8 Å². The van der Waals surface area contributed by atoms with Gasteiger partial charge >= 0.3 is 24.4 Å². The lowest BCUT2D eigenvalue weighted by Gasteiger charge is -2.24. The predicted molar refractivity (Wildman–Crippen MR) is 128 cm³/mol. The van der Waals surface area contributed by atoms with Gasteiger partial charge < -0.3 is 10.1 Å². The number of hydrogen-bond acceptors (Lipinski definition) is 6. The number of hydrazone groups is 1. The van der Waals surface area contributed by atoms with Crippen molar-refractivity contribution in [3.05, 3.63) is 58.1 Å². The average molecular weight is 600 g/mol. The number of carbonyl (C=O) groups excluding carboxylic acids is 2. The maximum absolute atomic E-state index is 13.3. The molecule has 1 aliphatic rings. The van der Waals surface area contributed by atoms with Crippen molar-refractivity contribution in [3.63, 3.8) is 0 Å². The van der Waals surface area contributed by atoms with Gasteiger partial charge in [-0.1, -0.05) is 17.7 Å². The SMILES string of the molecule is CCOC(=O)C1(C)CN(C(=O)Nc2ccc(C(F)(F)F)c(S(C)(=O)=O)c2)N=C1c1ccc(C(F)(F)F)c(Cl)c1. The highest BCUT2D eigenvalue weighted by molar-refractivity contribution is 7.90. The summed E-state index contributed by atoms with van der Waals surface area (Å²) in [7, 11) is -4.36. The van der Waals surface area contributed by atoms with Crippen molar-refractivity contribution in [2.75, 3.05) is 24.7 Å². The molecule has 1 unspecified atom stereocenters. The van der Waals surface area contributed by atoms with E-state index in [-0.39, 0.29) is 23.6 Å². The number of ether oxygens (including phenoxy) is 1. The highest BCUT2D eigenvalue weighted by Crippen LogP contribution is 2.39. The maximum atomic E-state index is 13.3. The second-order valence-corrected chi connectivity index (χ2v) is 11.1. The molecule has 0 bridgehead atoms. The molecule has 0 spiro atoms. The van der Waals surface area contributed by atoms with Crippen LogP contribution in [0.1, 0.15) is 30.5 Å². The molecule has 2 aromatic carbocycles. The average Bonchev–Trinajstić information content (AvgIpc) is 3.16. The molecule has 0 saturated heterocycles. The summed E-state index contributed by atoms with van der Waals surface area (Å²) in [6.07, 6.45) is -9.17. The van der Waals surface area contributed by atoms with Crippen molar-refractivity contribution < 1.29 is 49.1 Å². The van der Waals surface area contributed by atoms with Gasteiger partial charge in [-0.25, -0.2) is 18.2 Å². The first kappa shape index (κ1) is 30.2. The van der Waals surface area contributed by atoms with Gasteiger partial charge in [-0.3, -0.25) is 4.79 Å². The second-order valence-electron chi connectivity index (χ2n) is 8.66. The van der Waals surface area contributed by atoms with Crippen LogP contribution in [-0.4, -0.2) is 50.5 Å². The van der Waals surface area contributed by atoms with Crippen molar-refractivity contribution >= 4 is 44.8 Å². The number of esters is 1. The molecule has 8 nitrogen and oxygen atoms in total. The van der Waals surface area contributed by atoms with Crippen LogP contribution < -0.4 is 5.32 Å². The van der Waals surface area contributed by atoms with Crippen LogP contribution in [0.2, 0.25) is 5.02 Å². The fourth-order valence-corrected chi connectivity index (χ4v) is 5.02. The van der Waals surface area contributed by atoms with Crippen molar-refractivity contribution in [3.8, 4) is 0 Å². The van der Waals surface area contributed by atoms with Crippen molar-refractivity contribution in [1.82, 2.24) is 5.01 Å². The summed E-state index contributed by atoms with van der Waals surface area (Å²) >= 11 is 5.82. The largest absolute Gasteiger partial charge is 0.465 e. The molecular formula is C23H20ClF6N3O5S. The molecular weight excluding hydrogens is 580 g/mol. The Labute approximate surface area is 223 Å². The van der Waals surface area contributed by atoms with E-state index in [1.165, 1.54) is 13.8 Å². The molecule has 1 heterocycles. The van der Waals surface area contributed by atoms with Gasteiger partial charge in [-0.05, 0) is 44.2 Å². The van der Waals surface area contributed by atoms with Gasteiger partial charge in [0, 0.05) is 17.5 Å². The molecule has 0 radical (unpaired) electrons. The molecule has 16 heteroatoms. The van der Waals surface area contributed by atoms with E-state index in [0.29, 0.717) is 24.5 Å². The third kappa shape index (κ3) is 6.30. The zero-order valence-corrected chi connectivity index (χ0v) is 21.9. The minimum absolute atomic E-state index is 0.0206. The number of rotatable bonds is 5. The Balaban J connectivity index is 2.01. The third-order valence-corrected chi connectivity index (χ3v) is 7.10. The number of benzene rings is 2. The molecule has 0 aliphatic carbocycles. The van der Waals surface area contributed by atoms with Crippen LogP contribution in [0.25, 0.3) is 0 Å². The number of halogens is 7. The van der Waals surface area contributed by atoms with Gasteiger partial charge in [0.05, 0.1) is 39.9 Å². The molecule has 2 aromatic rings. The lowest BCUT2D eigenvalue weighted by Crippen LogP contribution is -2.42. The van der Waals surface area contributed by atoms with Gasteiger partial charge in [0.1, 0.15) is 5.41 Å². The number of urea groups is 1.